The SMILES string of the molecule is CCNC(=NCc1ccc(OC)c(OC)c1)NCC(c1cnn(C)c1)N(C)C. The van der Waals surface area contributed by atoms with E-state index in [1.54, 1.807) is 14.2 Å². The maximum absolute atomic E-state index is 5.37. The Kier molecular flexibility index (Phi) is 8.13. The molecular formula is C20H32N6O2. The van der Waals surface area contributed by atoms with Crippen LogP contribution < -0.4 is 20.1 Å². The molecule has 0 bridgehead atoms. The predicted molar refractivity (Wildman–Crippen MR) is 112 cm³/mol. The Morgan fingerprint density at radius 2 is 1.96 bits per heavy atom. The molecule has 1 heterocycles. The van der Waals surface area contributed by atoms with Crippen LogP contribution in [-0.2, 0) is 13.6 Å². The van der Waals surface area contributed by atoms with Crippen molar-refractivity contribution in [3.63, 3.8) is 0 Å². The predicted octanol–water partition coefficient (Wildman–Crippen LogP) is 1.80. The van der Waals surface area contributed by atoms with Crippen LogP contribution in [0, 0.1) is 0 Å². The summed E-state index contributed by atoms with van der Waals surface area (Å²) in [5.41, 5.74) is 2.21. The number of aryl methyl sites for hydroxylation is 1. The Morgan fingerprint density at radius 1 is 1.21 bits per heavy atom. The molecule has 0 spiro atoms. The maximum Gasteiger partial charge on any atom is 0.191 e. The second-order valence-corrected chi connectivity index (χ2v) is 6.69. The minimum atomic E-state index is 0.193. The number of hydrogen-bond donors (Lipinski definition) is 2. The van der Waals surface area contributed by atoms with Crippen molar-refractivity contribution >= 4 is 5.96 Å². The van der Waals surface area contributed by atoms with Crippen molar-refractivity contribution in [3.05, 3.63) is 41.7 Å². The third kappa shape index (κ3) is 5.88. The highest BCUT2D eigenvalue weighted by Crippen LogP contribution is 2.27. The molecule has 154 valence electrons. The topological polar surface area (TPSA) is 75.9 Å². The number of ether oxygens (including phenoxy) is 2. The molecule has 8 nitrogen and oxygen atoms in total. The normalized spacial score (nSPS) is 12.8. The summed E-state index contributed by atoms with van der Waals surface area (Å²) in [5.74, 6) is 2.19. The molecule has 0 fully saturated rings. The molecule has 0 amide bonds. The van der Waals surface area contributed by atoms with Gasteiger partial charge >= 0.3 is 0 Å². The first-order chi connectivity index (χ1) is 13.5. The first kappa shape index (κ1) is 21.6. The summed E-state index contributed by atoms with van der Waals surface area (Å²) in [6.07, 6.45) is 3.94. The number of rotatable bonds is 9. The van der Waals surface area contributed by atoms with E-state index in [1.807, 2.05) is 42.3 Å². The van der Waals surface area contributed by atoms with Crippen LogP contribution in [0.15, 0.2) is 35.6 Å². The molecule has 1 aromatic heterocycles. The van der Waals surface area contributed by atoms with Gasteiger partial charge in [0.05, 0.1) is 33.0 Å². The summed E-state index contributed by atoms with van der Waals surface area (Å²) in [6.45, 7) is 4.10. The molecule has 2 N–H and O–H groups in total. The van der Waals surface area contributed by atoms with Gasteiger partial charge in [0.2, 0.25) is 0 Å². The Morgan fingerprint density at radius 3 is 2.54 bits per heavy atom. The molecule has 0 aliphatic carbocycles. The molecule has 28 heavy (non-hydrogen) atoms. The summed E-state index contributed by atoms with van der Waals surface area (Å²) in [7, 11) is 9.32. The van der Waals surface area contributed by atoms with E-state index in [4.69, 9.17) is 14.5 Å². The number of methoxy groups -OCH3 is 2. The number of likely N-dealkylation sites (N-methyl/N-ethyl adjacent to an activating group) is 1. The Bertz CT molecular complexity index is 772. The van der Waals surface area contributed by atoms with E-state index in [0.717, 1.165) is 30.2 Å². The monoisotopic (exact) mass is 388 g/mol. The molecular weight excluding hydrogens is 356 g/mol. The lowest BCUT2D eigenvalue weighted by Crippen LogP contribution is -2.41. The van der Waals surface area contributed by atoms with Crippen molar-refractivity contribution in [2.24, 2.45) is 12.0 Å². The van der Waals surface area contributed by atoms with Gasteiger partial charge in [0, 0.05) is 31.9 Å². The van der Waals surface area contributed by atoms with Gasteiger partial charge < -0.3 is 25.0 Å². The first-order valence-corrected chi connectivity index (χ1v) is 9.36. The molecule has 0 aliphatic rings. The van der Waals surface area contributed by atoms with E-state index in [0.29, 0.717) is 18.0 Å². The van der Waals surface area contributed by atoms with Gasteiger partial charge in [-0.05, 0) is 38.7 Å². The highest BCUT2D eigenvalue weighted by molar-refractivity contribution is 5.79. The summed E-state index contributed by atoms with van der Waals surface area (Å²) < 4.78 is 12.5. The highest BCUT2D eigenvalue weighted by atomic mass is 16.5. The van der Waals surface area contributed by atoms with Gasteiger partial charge in [-0.15, -0.1) is 0 Å². The van der Waals surface area contributed by atoms with Gasteiger partial charge in [-0.3, -0.25) is 4.68 Å². The zero-order valence-corrected chi connectivity index (χ0v) is 17.7. The van der Waals surface area contributed by atoms with Crippen molar-refractivity contribution in [2.45, 2.75) is 19.5 Å². The molecule has 0 saturated heterocycles. The molecule has 0 saturated carbocycles. The summed E-state index contributed by atoms with van der Waals surface area (Å²) in [5, 5.41) is 11.0. The van der Waals surface area contributed by atoms with Crippen LogP contribution in [0.2, 0.25) is 0 Å². The van der Waals surface area contributed by atoms with Gasteiger partial charge in [-0.1, -0.05) is 6.07 Å². The van der Waals surface area contributed by atoms with Crippen LogP contribution >= 0.6 is 0 Å². The van der Waals surface area contributed by atoms with Gasteiger partial charge in [-0.2, -0.15) is 5.10 Å². The van der Waals surface area contributed by atoms with Crippen LogP contribution in [-0.4, -0.2) is 62.0 Å². The Hall–Kier alpha value is -2.74. The summed E-state index contributed by atoms with van der Waals surface area (Å²) in [4.78, 5) is 6.87. The number of guanidine groups is 1. The van der Waals surface area contributed by atoms with Crippen LogP contribution in [0.3, 0.4) is 0 Å². The lowest BCUT2D eigenvalue weighted by molar-refractivity contribution is 0.298. The molecule has 1 atom stereocenters. The van der Waals surface area contributed by atoms with E-state index in [9.17, 15) is 0 Å². The van der Waals surface area contributed by atoms with Crippen LogP contribution in [0.1, 0.15) is 24.1 Å². The van der Waals surface area contributed by atoms with E-state index >= 15 is 0 Å². The minimum absolute atomic E-state index is 0.193. The van der Waals surface area contributed by atoms with Crippen LogP contribution in [0.5, 0.6) is 11.5 Å². The van der Waals surface area contributed by atoms with Crippen LogP contribution in [0.25, 0.3) is 0 Å². The Labute approximate surface area is 167 Å². The van der Waals surface area contributed by atoms with E-state index in [2.05, 4.69) is 41.7 Å². The number of benzene rings is 1. The number of nitrogens with one attached hydrogen (secondary N) is 2. The zero-order valence-electron chi connectivity index (χ0n) is 17.7. The van der Waals surface area contributed by atoms with Gasteiger partial charge in [0.1, 0.15) is 0 Å². The Balaban J connectivity index is 2.07. The molecule has 1 aromatic carbocycles. The van der Waals surface area contributed by atoms with Crippen LogP contribution in [0.4, 0.5) is 0 Å². The quantitative estimate of drug-likeness (QED) is 0.504. The van der Waals surface area contributed by atoms with E-state index in [1.165, 1.54) is 0 Å². The number of hydrogen-bond acceptors (Lipinski definition) is 5. The molecule has 1 unspecified atom stereocenters. The van der Waals surface area contributed by atoms with Gasteiger partial charge in [0.15, 0.2) is 17.5 Å². The average Bonchev–Trinajstić information content (AvgIpc) is 3.11. The molecule has 8 heteroatoms. The lowest BCUT2D eigenvalue weighted by atomic mass is 10.1. The van der Waals surface area contributed by atoms with Crippen molar-refractivity contribution in [1.29, 1.82) is 0 Å². The number of aromatic nitrogens is 2. The maximum atomic E-state index is 5.37. The standard InChI is InChI=1S/C20H32N6O2/c1-7-21-20(22-11-15-8-9-18(27-5)19(10-15)28-6)23-13-17(25(2)3)16-12-24-26(4)14-16/h8-10,12,14,17H,7,11,13H2,1-6H3,(H2,21,22,23). The zero-order chi connectivity index (χ0) is 20.5. The number of nitrogens with zero attached hydrogens (tertiary/aromatic N) is 4. The highest BCUT2D eigenvalue weighted by Gasteiger charge is 2.16. The molecule has 0 radical (unpaired) electrons. The van der Waals surface area contributed by atoms with Gasteiger partial charge in [-0.25, -0.2) is 4.99 Å². The first-order valence-electron chi connectivity index (χ1n) is 9.36. The minimum Gasteiger partial charge on any atom is -0.493 e. The van der Waals surface area contributed by atoms with Crippen molar-refractivity contribution in [2.75, 3.05) is 41.4 Å². The fourth-order valence-electron chi connectivity index (χ4n) is 2.90. The van der Waals surface area contributed by atoms with Crippen molar-refractivity contribution in [1.82, 2.24) is 25.3 Å². The fraction of sp³-hybridized carbons (Fsp3) is 0.500. The lowest BCUT2D eigenvalue weighted by Gasteiger charge is -2.24. The fourth-order valence-corrected chi connectivity index (χ4v) is 2.90. The molecule has 2 aromatic rings. The smallest absolute Gasteiger partial charge is 0.191 e. The average molecular weight is 389 g/mol. The summed E-state index contributed by atoms with van der Waals surface area (Å²) >= 11 is 0. The summed E-state index contributed by atoms with van der Waals surface area (Å²) in [6, 6.07) is 6.03. The van der Waals surface area contributed by atoms with E-state index < -0.39 is 0 Å². The second kappa shape index (κ2) is 10.6. The third-order valence-electron chi connectivity index (χ3n) is 4.41. The second-order valence-electron chi connectivity index (χ2n) is 6.69. The van der Waals surface area contributed by atoms with Crippen molar-refractivity contribution < 1.29 is 9.47 Å². The van der Waals surface area contributed by atoms with E-state index in [-0.39, 0.29) is 6.04 Å². The van der Waals surface area contributed by atoms with Crippen molar-refractivity contribution in [3.8, 4) is 11.5 Å². The molecule has 0 aliphatic heterocycles. The van der Waals surface area contributed by atoms with Gasteiger partial charge in [0.25, 0.3) is 0 Å². The number of aliphatic imine (C=N–C) groups is 1. The largest absolute Gasteiger partial charge is 0.493 e. The molecule has 2 rings (SSSR count). The third-order valence-corrected chi connectivity index (χ3v) is 4.41.